The fourth-order valence-corrected chi connectivity index (χ4v) is 3.25. The third-order valence-corrected chi connectivity index (χ3v) is 4.70. The predicted octanol–water partition coefficient (Wildman–Crippen LogP) is 2.94. The highest BCUT2D eigenvalue weighted by Crippen LogP contribution is 2.25. The van der Waals surface area contributed by atoms with Crippen molar-refractivity contribution in [3.63, 3.8) is 0 Å². The molecule has 20 heavy (non-hydrogen) atoms. The van der Waals surface area contributed by atoms with Gasteiger partial charge in [-0.25, -0.2) is 0 Å². The maximum absolute atomic E-state index is 5.18. The lowest BCUT2D eigenvalue weighted by molar-refractivity contribution is 0.151. The molecule has 0 aromatic carbocycles. The third-order valence-electron chi connectivity index (χ3n) is 3.61. The smallest absolute Gasteiger partial charge is 0.0589 e. The lowest BCUT2D eigenvalue weighted by atomic mass is 10.2. The monoisotopic (exact) mass is 294 g/mol. The number of nitrogens with zero attached hydrogens (tertiary/aromatic N) is 1. The van der Waals surface area contributed by atoms with E-state index in [4.69, 9.17) is 4.74 Å². The van der Waals surface area contributed by atoms with Crippen LogP contribution in [0.3, 0.4) is 0 Å². The van der Waals surface area contributed by atoms with E-state index in [2.05, 4.69) is 29.8 Å². The largest absolute Gasteiger partial charge is 0.383 e. The van der Waals surface area contributed by atoms with Crippen LogP contribution >= 0.6 is 11.3 Å². The minimum absolute atomic E-state index is 0.771. The van der Waals surface area contributed by atoms with Gasteiger partial charge in [0.25, 0.3) is 0 Å². The van der Waals surface area contributed by atoms with Gasteiger partial charge in [0, 0.05) is 49.1 Å². The Morgan fingerprint density at radius 1 is 1.55 bits per heavy atom. The molecule has 1 N–H and O–H groups in total. The molecule has 1 aliphatic rings. The topological polar surface area (TPSA) is 24.5 Å². The first-order chi connectivity index (χ1) is 9.72. The van der Waals surface area contributed by atoms with Crippen molar-refractivity contribution in [2.24, 2.45) is 0 Å². The van der Waals surface area contributed by atoms with E-state index in [0.29, 0.717) is 0 Å². The van der Waals surface area contributed by atoms with E-state index in [9.17, 15) is 0 Å². The molecule has 1 aromatic rings. The Kier molecular flexibility index (Phi) is 6.23. The molecule has 0 amide bonds. The second-order valence-corrected chi connectivity index (χ2v) is 6.81. The number of ether oxygens (including phenoxy) is 1. The molecule has 1 fully saturated rings. The zero-order valence-corrected chi connectivity index (χ0v) is 13.5. The highest BCUT2D eigenvalue weighted by atomic mass is 32.1. The van der Waals surface area contributed by atoms with Crippen molar-refractivity contribution in [1.82, 2.24) is 10.2 Å². The molecule has 0 bridgehead atoms. The van der Waals surface area contributed by atoms with Crippen LogP contribution in [0, 0.1) is 6.92 Å². The van der Waals surface area contributed by atoms with Crippen LogP contribution in [0.5, 0.6) is 0 Å². The summed E-state index contributed by atoms with van der Waals surface area (Å²) in [5.74, 6) is 0. The van der Waals surface area contributed by atoms with Crippen molar-refractivity contribution in [3.05, 3.63) is 34.0 Å². The predicted molar refractivity (Wildman–Crippen MR) is 86.3 cm³/mol. The zero-order valence-electron chi connectivity index (χ0n) is 12.7. The first kappa shape index (κ1) is 15.7. The molecular formula is C16H26N2OS. The molecule has 1 saturated carbocycles. The summed E-state index contributed by atoms with van der Waals surface area (Å²) in [6.07, 6.45) is 4.66. The highest BCUT2D eigenvalue weighted by Gasteiger charge is 2.20. The van der Waals surface area contributed by atoms with Crippen LogP contribution in [-0.2, 0) is 17.8 Å². The zero-order chi connectivity index (χ0) is 14.4. The Morgan fingerprint density at radius 3 is 3.00 bits per heavy atom. The van der Waals surface area contributed by atoms with Gasteiger partial charge in [-0.15, -0.1) is 17.9 Å². The van der Waals surface area contributed by atoms with Gasteiger partial charge >= 0.3 is 0 Å². The van der Waals surface area contributed by atoms with Gasteiger partial charge in [-0.05, 0) is 31.4 Å². The van der Waals surface area contributed by atoms with Crippen LogP contribution in [0.1, 0.15) is 28.2 Å². The molecule has 1 aromatic heterocycles. The van der Waals surface area contributed by atoms with Crippen LogP contribution in [-0.4, -0.2) is 37.7 Å². The fraction of sp³-hybridized carbons (Fsp3) is 0.625. The molecule has 1 aliphatic carbocycles. The molecule has 112 valence electrons. The summed E-state index contributed by atoms with van der Waals surface area (Å²) in [6, 6.07) is 3.14. The molecular weight excluding hydrogens is 268 g/mol. The first-order valence-electron chi connectivity index (χ1n) is 7.36. The standard InChI is InChI=1S/C16H26N2OS/c1-4-7-18(8-9-19-3)12-14-10-16(20-13(14)2)11-17-15-5-6-15/h4,10,15,17H,1,5-9,11-12H2,2-3H3. The minimum Gasteiger partial charge on any atom is -0.383 e. The average Bonchev–Trinajstić information content (AvgIpc) is 3.19. The van der Waals surface area contributed by atoms with E-state index in [1.165, 1.54) is 28.2 Å². The third kappa shape index (κ3) is 5.02. The molecule has 3 nitrogen and oxygen atoms in total. The molecule has 0 atom stereocenters. The second kappa shape index (κ2) is 7.93. The Balaban J connectivity index is 1.89. The lowest BCUT2D eigenvalue weighted by Gasteiger charge is -2.20. The van der Waals surface area contributed by atoms with Crippen LogP contribution < -0.4 is 5.32 Å². The SMILES string of the molecule is C=CCN(CCOC)Cc1cc(CNC2CC2)sc1C. The quantitative estimate of drug-likeness (QED) is 0.672. The maximum atomic E-state index is 5.18. The maximum Gasteiger partial charge on any atom is 0.0589 e. The molecule has 0 unspecified atom stereocenters. The van der Waals surface area contributed by atoms with Crippen LogP contribution in [0.4, 0.5) is 0 Å². The number of rotatable bonds is 10. The van der Waals surface area contributed by atoms with Gasteiger partial charge in [-0.2, -0.15) is 0 Å². The number of hydrogen-bond donors (Lipinski definition) is 1. The van der Waals surface area contributed by atoms with E-state index < -0.39 is 0 Å². The fourth-order valence-electron chi connectivity index (χ4n) is 2.24. The number of methoxy groups -OCH3 is 1. The van der Waals surface area contributed by atoms with Gasteiger partial charge in [0.05, 0.1) is 6.61 Å². The van der Waals surface area contributed by atoms with Crippen molar-refractivity contribution in [3.8, 4) is 0 Å². The molecule has 1 heterocycles. The van der Waals surface area contributed by atoms with Crippen molar-refractivity contribution in [2.45, 2.75) is 38.9 Å². The van der Waals surface area contributed by atoms with E-state index in [-0.39, 0.29) is 0 Å². The van der Waals surface area contributed by atoms with E-state index >= 15 is 0 Å². The molecule has 0 radical (unpaired) electrons. The molecule has 0 spiro atoms. The summed E-state index contributed by atoms with van der Waals surface area (Å²) in [4.78, 5) is 5.27. The van der Waals surface area contributed by atoms with Gasteiger partial charge in [0.15, 0.2) is 0 Å². The van der Waals surface area contributed by atoms with Gasteiger partial charge in [0.1, 0.15) is 0 Å². The molecule has 0 saturated heterocycles. The summed E-state index contributed by atoms with van der Waals surface area (Å²) in [7, 11) is 1.75. The second-order valence-electron chi connectivity index (χ2n) is 5.47. The Morgan fingerprint density at radius 2 is 2.35 bits per heavy atom. The number of aryl methyl sites for hydroxylation is 1. The summed E-state index contributed by atoms with van der Waals surface area (Å²) >= 11 is 1.92. The Labute approximate surface area is 126 Å². The number of thiophene rings is 1. The van der Waals surface area contributed by atoms with Crippen LogP contribution in [0.2, 0.25) is 0 Å². The Bertz CT molecular complexity index is 426. The van der Waals surface area contributed by atoms with Gasteiger partial charge in [0.2, 0.25) is 0 Å². The van der Waals surface area contributed by atoms with E-state index in [1.54, 1.807) is 7.11 Å². The summed E-state index contributed by atoms with van der Waals surface area (Å²) in [6.45, 7) is 10.7. The number of nitrogens with one attached hydrogen (secondary N) is 1. The number of hydrogen-bond acceptors (Lipinski definition) is 4. The van der Waals surface area contributed by atoms with Crippen molar-refractivity contribution >= 4 is 11.3 Å². The molecule has 4 heteroatoms. The van der Waals surface area contributed by atoms with Crippen LogP contribution in [0.15, 0.2) is 18.7 Å². The van der Waals surface area contributed by atoms with Gasteiger partial charge in [-0.3, -0.25) is 4.90 Å². The lowest BCUT2D eigenvalue weighted by Crippen LogP contribution is -2.27. The van der Waals surface area contributed by atoms with Crippen molar-refractivity contribution < 1.29 is 4.74 Å². The van der Waals surface area contributed by atoms with Crippen molar-refractivity contribution in [1.29, 1.82) is 0 Å². The Hall–Kier alpha value is -0.680. The minimum atomic E-state index is 0.771. The summed E-state index contributed by atoms with van der Waals surface area (Å²) in [5.41, 5.74) is 1.44. The first-order valence-corrected chi connectivity index (χ1v) is 8.18. The highest BCUT2D eigenvalue weighted by molar-refractivity contribution is 7.12. The molecule has 0 aliphatic heterocycles. The van der Waals surface area contributed by atoms with E-state index in [0.717, 1.165) is 38.8 Å². The normalized spacial score (nSPS) is 14.9. The van der Waals surface area contributed by atoms with E-state index in [1.807, 2.05) is 17.4 Å². The summed E-state index contributed by atoms with van der Waals surface area (Å²) in [5, 5.41) is 3.59. The average molecular weight is 294 g/mol. The van der Waals surface area contributed by atoms with Crippen LogP contribution in [0.25, 0.3) is 0 Å². The van der Waals surface area contributed by atoms with Gasteiger partial charge < -0.3 is 10.1 Å². The summed E-state index contributed by atoms with van der Waals surface area (Å²) < 4.78 is 5.18. The molecule has 2 rings (SSSR count). The van der Waals surface area contributed by atoms with Gasteiger partial charge in [-0.1, -0.05) is 6.08 Å². The van der Waals surface area contributed by atoms with Crippen molar-refractivity contribution in [2.75, 3.05) is 26.8 Å².